The van der Waals surface area contributed by atoms with E-state index < -0.39 is 10.8 Å². The van der Waals surface area contributed by atoms with Gasteiger partial charge in [-0.05, 0) is 31.0 Å². The third kappa shape index (κ3) is 3.68. The minimum Gasteiger partial charge on any atom is -0.501 e. The Kier molecular flexibility index (Phi) is 5.22. The number of nitro groups is 1. The number of carbonyl (C=O) groups is 2. The molecule has 0 radical (unpaired) electrons. The highest BCUT2D eigenvalue weighted by Gasteiger charge is 2.31. The number of nitro benzene ring substituents is 1. The van der Waals surface area contributed by atoms with Gasteiger partial charge in [-0.3, -0.25) is 19.7 Å². The predicted octanol–water partition coefficient (Wildman–Crippen LogP) is 3.38. The average Bonchev–Trinajstić information content (AvgIpc) is 2.97. The molecule has 0 aliphatic heterocycles. The zero-order chi connectivity index (χ0) is 19.6. The maximum Gasteiger partial charge on any atom is 0.269 e. The second kappa shape index (κ2) is 7.58. The van der Waals surface area contributed by atoms with Crippen LogP contribution >= 0.6 is 11.3 Å². The van der Waals surface area contributed by atoms with Gasteiger partial charge < -0.3 is 15.8 Å². The molecule has 0 saturated heterocycles. The third-order valence-electron chi connectivity index (χ3n) is 4.11. The van der Waals surface area contributed by atoms with E-state index in [9.17, 15) is 19.7 Å². The summed E-state index contributed by atoms with van der Waals surface area (Å²) in [5.41, 5.74) is 7.91. The van der Waals surface area contributed by atoms with Gasteiger partial charge in [-0.25, -0.2) is 0 Å². The number of amides is 1. The van der Waals surface area contributed by atoms with Crippen molar-refractivity contribution in [3.05, 3.63) is 56.6 Å². The van der Waals surface area contributed by atoms with Crippen LogP contribution in [0.2, 0.25) is 0 Å². The van der Waals surface area contributed by atoms with Crippen molar-refractivity contribution < 1.29 is 19.2 Å². The number of ether oxygens (including phenoxy) is 1. The van der Waals surface area contributed by atoms with Crippen molar-refractivity contribution in [2.24, 2.45) is 0 Å². The normalized spacial score (nSPS) is 14.7. The molecule has 140 valence electrons. The number of nitrogens with zero attached hydrogens (tertiary/aromatic N) is 1. The van der Waals surface area contributed by atoms with Gasteiger partial charge >= 0.3 is 0 Å². The Balaban J connectivity index is 1.90. The molecule has 27 heavy (non-hydrogen) atoms. The Morgan fingerprint density at radius 3 is 2.70 bits per heavy atom. The number of carbonyl (C=O) groups excluding carboxylic acids is 2. The molecule has 0 unspecified atom stereocenters. The first-order valence-corrected chi connectivity index (χ1v) is 9.06. The van der Waals surface area contributed by atoms with Crippen LogP contribution in [0.3, 0.4) is 0 Å². The molecule has 0 saturated carbocycles. The lowest BCUT2D eigenvalue weighted by Crippen LogP contribution is -2.18. The number of fused-ring (bicyclic) bond motifs is 1. The molecule has 8 nitrogen and oxygen atoms in total. The maximum atomic E-state index is 12.7. The Bertz CT molecular complexity index is 947. The van der Waals surface area contributed by atoms with E-state index in [0.29, 0.717) is 39.7 Å². The molecule has 0 spiro atoms. The fraction of sp³-hybridized carbons (Fsp3) is 0.222. The van der Waals surface area contributed by atoms with Crippen molar-refractivity contribution in [2.45, 2.75) is 19.8 Å². The largest absolute Gasteiger partial charge is 0.501 e. The van der Waals surface area contributed by atoms with Gasteiger partial charge in [0.25, 0.3) is 11.6 Å². The number of anilines is 2. The van der Waals surface area contributed by atoms with Crippen molar-refractivity contribution in [3.63, 3.8) is 0 Å². The molecule has 9 heteroatoms. The van der Waals surface area contributed by atoms with E-state index in [4.69, 9.17) is 10.5 Å². The van der Waals surface area contributed by atoms with Gasteiger partial charge in [0, 0.05) is 29.1 Å². The van der Waals surface area contributed by atoms with E-state index in [-0.39, 0.29) is 17.9 Å². The van der Waals surface area contributed by atoms with E-state index in [1.807, 2.05) is 6.92 Å². The number of hydrogen-bond acceptors (Lipinski definition) is 7. The fourth-order valence-corrected chi connectivity index (χ4v) is 3.97. The lowest BCUT2D eigenvalue weighted by molar-refractivity contribution is -0.384. The number of hydrogen-bond donors (Lipinski definition) is 2. The van der Waals surface area contributed by atoms with Crippen LogP contribution in [-0.2, 0) is 16.0 Å². The highest BCUT2D eigenvalue weighted by Crippen LogP contribution is 2.40. The lowest BCUT2D eigenvalue weighted by atomic mass is 9.91. The number of allylic oxidation sites excluding steroid dienone is 1. The van der Waals surface area contributed by atoms with Crippen molar-refractivity contribution in [1.82, 2.24) is 0 Å². The monoisotopic (exact) mass is 387 g/mol. The first kappa shape index (κ1) is 18.6. The van der Waals surface area contributed by atoms with E-state index in [2.05, 4.69) is 5.32 Å². The van der Waals surface area contributed by atoms with Gasteiger partial charge in [0.1, 0.15) is 0 Å². The molecule has 1 aromatic carbocycles. The van der Waals surface area contributed by atoms with Crippen LogP contribution in [0.5, 0.6) is 0 Å². The van der Waals surface area contributed by atoms with E-state index in [0.717, 1.165) is 5.56 Å². The second-order valence-corrected chi connectivity index (χ2v) is 6.87. The van der Waals surface area contributed by atoms with Crippen molar-refractivity contribution in [3.8, 4) is 0 Å². The van der Waals surface area contributed by atoms with E-state index >= 15 is 0 Å². The molecule has 0 fully saturated rings. The summed E-state index contributed by atoms with van der Waals surface area (Å²) in [5, 5.41) is 13.7. The number of nitrogens with one attached hydrogen (secondary N) is 1. The Hall–Kier alpha value is -3.20. The molecule has 1 amide bonds. The van der Waals surface area contributed by atoms with Crippen molar-refractivity contribution >= 4 is 45.0 Å². The maximum absolute atomic E-state index is 12.7. The molecule has 0 atom stereocenters. The first-order valence-electron chi connectivity index (χ1n) is 8.24. The van der Waals surface area contributed by atoms with E-state index in [1.54, 1.807) is 0 Å². The Morgan fingerprint density at radius 1 is 1.37 bits per heavy atom. The van der Waals surface area contributed by atoms with Crippen LogP contribution in [0.25, 0.3) is 5.57 Å². The smallest absolute Gasteiger partial charge is 0.269 e. The minimum atomic E-state index is -0.512. The number of nitrogen functional groups attached to an aromatic ring is 1. The number of nitrogens with two attached hydrogens (primary N) is 1. The number of Topliss-reactive ketones (excluding diaryl/α,β-unsaturated/α-hetero) is 1. The fourth-order valence-electron chi connectivity index (χ4n) is 2.84. The summed E-state index contributed by atoms with van der Waals surface area (Å²) in [7, 11) is 0. The third-order valence-corrected chi connectivity index (χ3v) is 5.21. The molecular formula is C18H17N3O5S. The highest BCUT2D eigenvalue weighted by atomic mass is 32.1. The molecule has 3 rings (SSSR count). The number of non-ortho nitro benzene ring substituents is 1. The molecule has 1 aliphatic carbocycles. The van der Waals surface area contributed by atoms with Crippen molar-refractivity contribution in [2.75, 3.05) is 17.7 Å². The molecule has 0 bridgehead atoms. The number of ketones is 1. The zero-order valence-corrected chi connectivity index (χ0v) is 15.3. The highest BCUT2D eigenvalue weighted by molar-refractivity contribution is 7.18. The number of benzene rings is 1. The van der Waals surface area contributed by atoms with Crippen LogP contribution in [0.15, 0.2) is 30.5 Å². The molecule has 1 aromatic heterocycles. The average molecular weight is 387 g/mol. The summed E-state index contributed by atoms with van der Waals surface area (Å²) in [6, 6.07) is 5.53. The predicted molar refractivity (Wildman–Crippen MR) is 103 cm³/mol. The summed E-state index contributed by atoms with van der Waals surface area (Å²) in [5.74, 6) is -0.455. The zero-order valence-electron chi connectivity index (χ0n) is 14.5. The van der Waals surface area contributed by atoms with Crippen LogP contribution in [0.1, 0.15) is 34.1 Å². The summed E-state index contributed by atoms with van der Waals surface area (Å²) >= 11 is 1.18. The van der Waals surface area contributed by atoms with Gasteiger partial charge in [0.15, 0.2) is 5.78 Å². The molecular weight excluding hydrogens is 370 g/mol. The standard InChI is InChI=1S/C18H17N3O5S/c1-2-26-9-13-14(22)8-7-12-15(17(19)27-16(12)13)18(23)20-10-3-5-11(6-4-10)21(24)25/h3-6,9H,2,7-8,19H2,1H3,(H,20,23). The SMILES string of the molecule is CCOC=C1C(=O)CCc2c1sc(N)c2C(=O)Nc1ccc([N+](=O)[O-])cc1. The topological polar surface area (TPSA) is 125 Å². The van der Waals surface area contributed by atoms with E-state index in [1.165, 1.54) is 41.9 Å². The first-order chi connectivity index (χ1) is 12.9. The van der Waals surface area contributed by atoms with Crippen LogP contribution in [-0.4, -0.2) is 23.2 Å². The quantitative estimate of drug-likeness (QED) is 0.351. The number of rotatable bonds is 5. The van der Waals surface area contributed by atoms with Gasteiger partial charge in [-0.15, -0.1) is 11.3 Å². The van der Waals surface area contributed by atoms with Crippen LogP contribution < -0.4 is 11.1 Å². The van der Waals surface area contributed by atoms with Gasteiger partial charge in [-0.1, -0.05) is 0 Å². The van der Waals surface area contributed by atoms with Gasteiger partial charge in [0.2, 0.25) is 0 Å². The summed E-state index contributed by atoms with van der Waals surface area (Å²) in [4.78, 5) is 35.8. The van der Waals surface area contributed by atoms with Gasteiger partial charge in [0.05, 0.1) is 33.9 Å². The minimum absolute atomic E-state index is 0.0421. The Morgan fingerprint density at radius 2 is 2.07 bits per heavy atom. The molecule has 2 aromatic rings. The van der Waals surface area contributed by atoms with Gasteiger partial charge in [-0.2, -0.15) is 0 Å². The molecule has 3 N–H and O–H groups in total. The molecule has 1 aliphatic rings. The van der Waals surface area contributed by atoms with Crippen molar-refractivity contribution in [1.29, 1.82) is 0 Å². The lowest BCUT2D eigenvalue weighted by Gasteiger charge is -2.15. The molecule has 1 heterocycles. The number of thiophene rings is 1. The summed E-state index contributed by atoms with van der Waals surface area (Å²) in [6.45, 7) is 2.25. The summed E-state index contributed by atoms with van der Waals surface area (Å²) < 4.78 is 5.26. The van der Waals surface area contributed by atoms with Crippen LogP contribution in [0, 0.1) is 10.1 Å². The Labute approximate surface area is 158 Å². The summed E-state index contributed by atoms with van der Waals surface area (Å²) in [6.07, 6.45) is 2.13. The van der Waals surface area contributed by atoms with Crippen LogP contribution in [0.4, 0.5) is 16.4 Å². The second-order valence-electron chi connectivity index (χ2n) is 5.82.